The summed E-state index contributed by atoms with van der Waals surface area (Å²) in [6, 6.07) is 9.51. The van der Waals surface area contributed by atoms with Crippen LogP contribution in [0.15, 0.2) is 30.3 Å². The molecule has 0 saturated carbocycles. The first kappa shape index (κ1) is 21.5. The summed E-state index contributed by atoms with van der Waals surface area (Å²) in [7, 11) is -3.08. The first-order valence-corrected chi connectivity index (χ1v) is 12.4. The van der Waals surface area contributed by atoms with Gasteiger partial charge in [0.15, 0.2) is 15.5 Å². The Balaban J connectivity index is 1.90. The van der Waals surface area contributed by atoms with Crippen molar-refractivity contribution < 1.29 is 13.2 Å². The number of amides is 1. The van der Waals surface area contributed by atoms with E-state index in [-0.39, 0.29) is 23.5 Å². The van der Waals surface area contributed by atoms with E-state index in [0.717, 1.165) is 11.1 Å². The summed E-state index contributed by atoms with van der Waals surface area (Å²) >= 11 is 0. The van der Waals surface area contributed by atoms with Gasteiger partial charge >= 0.3 is 0 Å². The lowest BCUT2D eigenvalue weighted by atomic mass is 10.0. The maximum absolute atomic E-state index is 13.1. The largest absolute Gasteiger partial charge is 0.352 e. The monoisotopic (exact) mass is 440 g/mol. The molecule has 3 aromatic rings. The fourth-order valence-corrected chi connectivity index (χ4v) is 5.67. The molecule has 1 aliphatic heterocycles. The van der Waals surface area contributed by atoms with Gasteiger partial charge in [-0.15, -0.1) is 0 Å². The third-order valence-corrected chi connectivity index (χ3v) is 7.40. The van der Waals surface area contributed by atoms with Gasteiger partial charge in [-0.2, -0.15) is 5.10 Å². The minimum absolute atomic E-state index is 0.0501. The number of fused-ring (bicyclic) bond motifs is 1. The van der Waals surface area contributed by atoms with Crippen molar-refractivity contribution in [3.63, 3.8) is 0 Å². The highest BCUT2D eigenvalue weighted by Crippen LogP contribution is 2.32. The Labute approximate surface area is 182 Å². The van der Waals surface area contributed by atoms with Crippen LogP contribution in [0.1, 0.15) is 47.9 Å². The number of nitrogens with one attached hydrogen (secondary N) is 1. The molecule has 7 nitrogen and oxygen atoms in total. The molecule has 1 aliphatic rings. The van der Waals surface area contributed by atoms with Crippen LogP contribution in [-0.4, -0.2) is 47.1 Å². The summed E-state index contributed by atoms with van der Waals surface area (Å²) in [5.41, 5.74) is 4.46. The van der Waals surface area contributed by atoms with Crippen LogP contribution < -0.4 is 5.32 Å². The van der Waals surface area contributed by atoms with E-state index in [1.54, 1.807) is 4.68 Å². The fourth-order valence-electron chi connectivity index (χ4n) is 3.98. The van der Waals surface area contributed by atoms with E-state index in [1.165, 1.54) is 0 Å². The van der Waals surface area contributed by atoms with Crippen LogP contribution in [0.5, 0.6) is 0 Å². The van der Waals surface area contributed by atoms with E-state index in [1.807, 2.05) is 58.0 Å². The number of hydrogen-bond acceptors (Lipinski definition) is 5. The maximum atomic E-state index is 13.1. The number of carbonyl (C=O) groups is 1. The van der Waals surface area contributed by atoms with Gasteiger partial charge in [0.25, 0.3) is 5.91 Å². The van der Waals surface area contributed by atoms with Gasteiger partial charge in [-0.25, -0.2) is 18.1 Å². The lowest BCUT2D eigenvalue weighted by Gasteiger charge is -2.13. The molecule has 4 rings (SSSR count). The van der Waals surface area contributed by atoms with E-state index in [2.05, 4.69) is 10.4 Å². The number of rotatable bonds is 5. The lowest BCUT2D eigenvalue weighted by Crippen LogP contribution is -2.27. The molecule has 0 aliphatic carbocycles. The molecular formula is C23H28N4O3S. The van der Waals surface area contributed by atoms with E-state index in [0.29, 0.717) is 46.9 Å². The highest BCUT2D eigenvalue weighted by atomic mass is 32.2. The van der Waals surface area contributed by atoms with Crippen LogP contribution in [-0.2, 0) is 9.84 Å². The third-order valence-electron chi connectivity index (χ3n) is 5.65. The topological polar surface area (TPSA) is 94.0 Å². The van der Waals surface area contributed by atoms with Gasteiger partial charge in [0.2, 0.25) is 0 Å². The van der Waals surface area contributed by atoms with E-state index >= 15 is 0 Å². The molecule has 0 radical (unpaired) electrons. The van der Waals surface area contributed by atoms with Crippen LogP contribution in [0.25, 0.3) is 22.3 Å². The molecule has 0 spiro atoms. The smallest absolute Gasteiger partial charge is 0.252 e. The molecule has 164 valence electrons. The summed E-state index contributed by atoms with van der Waals surface area (Å²) in [5, 5.41) is 8.31. The molecule has 31 heavy (non-hydrogen) atoms. The van der Waals surface area contributed by atoms with Crippen molar-refractivity contribution in [2.45, 2.75) is 40.2 Å². The molecule has 1 saturated heterocycles. The van der Waals surface area contributed by atoms with Gasteiger partial charge < -0.3 is 5.32 Å². The van der Waals surface area contributed by atoms with Crippen molar-refractivity contribution in [3.8, 4) is 11.3 Å². The molecule has 1 amide bonds. The van der Waals surface area contributed by atoms with Gasteiger partial charge in [0.1, 0.15) is 0 Å². The number of hydrogen-bond donors (Lipinski definition) is 1. The van der Waals surface area contributed by atoms with E-state index in [9.17, 15) is 13.2 Å². The number of sulfone groups is 1. The zero-order chi connectivity index (χ0) is 22.3. The van der Waals surface area contributed by atoms with Crippen molar-refractivity contribution in [2.24, 2.45) is 5.92 Å². The number of pyridine rings is 1. The van der Waals surface area contributed by atoms with Crippen LogP contribution in [0.3, 0.4) is 0 Å². The summed E-state index contributed by atoms with van der Waals surface area (Å²) in [4.78, 5) is 18.0. The second kappa shape index (κ2) is 8.07. The second-order valence-corrected chi connectivity index (χ2v) is 11.0. The Bertz CT molecular complexity index is 1240. The SMILES string of the molecule is Cc1ccc(-c2cc(C(=O)NCC(C)C)c3c(C)nn(C4CCS(=O)(=O)C4)c3n2)cc1. The Morgan fingerprint density at radius 3 is 2.55 bits per heavy atom. The number of aryl methyl sites for hydroxylation is 2. The first-order valence-electron chi connectivity index (χ1n) is 10.6. The standard InChI is InChI=1S/C23H28N4O3S/c1-14(2)12-24-23(28)19-11-20(17-7-5-15(3)6-8-17)25-22-21(19)16(4)26-27(22)18-9-10-31(29,30)13-18/h5-8,11,14,18H,9-10,12-13H2,1-4H3,(H,24,28). The molecule has 1 aromatic carbocycles. The normalized spacial score (nSPS) is 18.0. The fraction of sp³-hybridized carbons (Fsp3) is 0.435. The molecule has 8 heteroatoms. The summed E-state index contributed by atoms with van der Waals surface area (Å²) in [6.45, 7) is 8.52. The number of aromatic nitrogens is 3. The van der Waals surface area contributed by atoms with Gasteiger partial charge in [-0.3, -0.25) is 4.79 Å². The van der Waals surface area contributed by atoms with Crippen LogP contribution in [0.4, 0.5) is 0 Å². The van der Waals surface area contributed by atoms with Crippen LogP contribution in [0, 0.1) is 19.8 Å². The van der Waals surface area contributed by atoms with Crippen molar-refractivity contribution >= 4 is 26.8 Å². The first-order chi connectivity index (χ1) is 14.6. The molecule has 0 bridgehead atoms. The van der Waals surface area contributed by atoms with Crippen molar-refractivity contribution in [3.05, 3.63) is 47.2 Å². The van der Waals surface area contributed by atoms with Crippen molar-refractivity contribution in [1.82, 2.24) is 20.1 Å². The molecule has 1 N–H and O–H groups in total. The predicted molar refractivity (Wildman–Crippen MR) is 122 cm³/mol. The molecule has 2 aromatic heterocycles. The summed E-state index contributed by atoms with van der Waals surface area (Å²) in [6.07, 6.45) is 0.504. The van der Waals surface area contributed by atoms with E-state index in [4.69, 9.17) is 4.98 Å². The van der Waals surface area contributed by atoms with Crippen LogP contribution >= 0.6 is 0 Å². The Kier molecular flexibility index (Phi) is 5.60. The summed E-state index contributed by atoms with van der Waals surface area (Å²) in [5.74, 6) is 0.355. The molecule has 3 heterocycles. The number of nitrogens with zero attached hydrogens (tertiary/aromatic N) is 3. The molecule has 1 unspecified atom stereocenters. The van der Waals surface area contributed by atoms with Gasteiger partial charge in [0, 0.05) is 12.1 Å². The highest BCUT2D eigenvalue weighted by molar-refractivity contribution is 7.91. The molecule has 1 atom stereocenters. The summed E-state index contributed by atoms with van der Waals surface area (Å²) < 4.78 is 25.9. The van der Waals surface area contributed by atoms with Crippen LogP contribution in [0.2, 0.25) is 0 Å². The molecule has 1 fully saturated rings. The minimum atomic E-state index is -3.08. The minimum Gasteiger partial charge on any atom is -0.352 e. The van der Waals surface area contributed by atoms with Crippen molar-refractivity contribution in [2.75, 3.05) is 18.1 Å². The quantitative estimate of drug-likeness (QED) is 0.656. The lowest BCUT2D eigenvalue weighted by molar-refractivity contribution is 0.0950. The highest BCUT2D eigenvalue weighted by Gasteiger charge is 2.32. The molecular weight excluding hydrogens is 412 g/mol. The van der Waals surface area contributed by atoms with Gasteiger partial charge in [0.05, 0.1) is 39.9 Å². The maximum Gasteiger partial charge on any atom is 0.252 e. The average molecular weight is 441 g/mol. The second-order valence-electron chi connectivity index (χ2n) is 8.81. The number of carbonyl (C=O) groups excluding carboxylic acids is 1. The zero-order valence-electron chi connectivity index (χ0n) is 18.3. The zero-order valence-corrected chi connectivity index (χ0v) is 19.2. The predicted octanol–water partition coefficient (Wildman–Crippen LogP) is 3.46. The number of benzene rings is 1. The van der Waals surface area contributed by atoms with Gasteiger partial charge in [-0.05, 0) is 32.3 Å². The Morgan fingerprint density at radius 1 is 1.23 bits per heavy atom. The average Bonchev–Trinajstić information content (AvgIpc) is 3.25. The van der Waals surface area contributed by atoms with Gasteiger partial charge in [-0.1, -0.05) is 43.7 Å². The van der Waals surface area contributed by atoms with Crippen molar-refractivity contribution in [1.29, 1.82) is 0 Å². The van der Waals surface area contributed by atoms with E-state index < -0.39 is 9.84 Å². The Hall–Kier alpha value is -2.74. The third kappa shape index (κ3) is 4.35. The Morgan fingerprint density at radius 2 is 1.94 bits per heavy atom.